The van der Waals surface area contributed by atoms with Gasteiger partial charge in [-0.05, 0) is 12.0 Å². The largest absolute Gasteiger partial charge is 0.377 e. The third kappa shape index (κ3) is 3.65. The lowest BCUT2D eigenvalue weighted by Crippen LogP contribution is -2.67. The van der Waals surface area contributed by atoms with E-state index in [0.29, 0.717) is 24.6 Å². The van der Waals surface area contributed by atoms with Crippen molar-refractivity contribution in [3.05, 3.63) is 35.9 Å². The van der Waals surface area contributed by atoms with Crippen molar-refractivity contribution in [3.8, 4) is 0 Å². The van der Waals surface area contributed by atoms with Crippen LogP contribution in [0.2, 0.25) is 0 Å². The van der Waals surface area contributed by atoms with Crippen LogP contribution in [0.25, 0.3) is 0 Å². The standard InChI is InChI=1S/C18H27N3O.HI/c1-18(2)15(14-10-11-22-16(14)18)20-17(21(3)4)19-12-13-8-6-5-7-9-13;/h5-9,14-16H,10-12H2,1-4H3,(H,19,20);1H. The molecule has 3 rings (SSSR count). The third-order valence-electron chi connectivity index (χ3n) is 5.06. The van der Waals surface area contributed by atoms with Crippen molar-refractivity contribution in [2.24, 2.45) is 16.3 Å². The number of hydrogen-bond acceptors (Lipinski definition) is 2. The van der Waals surface area contributed by atoms with E-state index in [-0.39, 0.29) is 29.4 Å². The highest BCUT2D eigenvalue weighted by Crippen LogP contribution is 2.52. The van der Waals surface area contributed by atoms with E-state index in [2.05, 4.69) is 48.3 Å². The Hall–Kier alpha value is -0.820. The fourth-order valence-electron chi connectivity index (χ4n) is 3.82. The number of ether oxygens (including phenoxy) is 1. The molecule has 1 saturated heterocycles. The minimum absolute atomic E-state index is 0. The van der Waals surface area contributed by atoms with Crippen molar-refractivity contribution >= 4 is 29.9 Å². The molecule has 3 atom stereocenters. The van der Waals surface area contributed by atoms with E-state index in [9.17, 15) is 0 Å². The smallest absolute Gasteiger partial charge is 0.193 e. The van der Waals surface area contributed by atoms with Gasteiger partial charge in [0, 0.05) is 38.1 Å². The van der Waals surface area contributed by atoms with E-state index in [0.717, 1.165) is 19.0 Å². The van der Waals surface area contributed by atoms with Gasteiger partial charge in [0.2, 0.25) is 0 Å². The topological polar surface area (TPSA) is 36.9 Å². The highest BCUT2D eigenvalue weighted by Gasteiger charge is 2.59. The van der Waals surface area contributed by atoms with Gasteiger partial charge in [0.25, 0.3) is 0 Å². The molecule has 1 saturated carbocycles. The van der Waals surface area contributed by atoms with Crippen LogP contribution in [0.5, 0.6) is 0 Å². The van der Waals surface area contributed by atoms with Crippen molar-refractivity contribution in [1.82, 2.24) is 10.2 Å². The number of hydrogen-bond donors (Lipinski definition) is 1. The molecule has 1 aliphatic carbocycles. The highest BCUT2D eigenvalue weighted by molar-refractivity contribution is 14.0. The molecule has 0 radical (unpaired) electrons. The molecular weight excluding hydrogens is 401 g/mol. The maximum absolute atomic E-state index is 5.88. The van der Waals surface area contributed by atoms with E-state index in [1.54, 1.807) is 0 Å². The zero-order chi connectivity index (χ0) is 15.7. The lowest BCUT2D eigenvalue weighted by atomic mass is 9.57. The summed E-state index contributed by atoms with van der Waals surface area (Å²) in [6.45, 7) is 6.19. The van der Waals surface area contributed by atoms with Gasteiger partial charge in [0.15, 0.2) is 5.96 Å². The molecule has 1 aromatic rings. The van der Waals surface area contributed by atoms with Crippen LogP contribution in [0, 0.1) is 11.3 Å². The van der Waals surface area contributed by atoms with Gasteiger partial charge in [-0.3, -0.25) is 0 Å². The fourth-order valence-corrected chi connectivity index (χ4v) is 3.82. The molecule has 4 nitrogen and oxygen atoms in total. The minimum atomic E-state index is 0. The maximum atomic E-state index is 5.88. The summed E-state index contributed by atoms with van der Waals surface area (Å²) in [5, 5.41) is 3.68. The Bertz CT molecular complexity index is 544. The molecule has 1 aliphatic heterocycles. The van der Waals surface area contributed by atoms with Crippen LogP contribution in [-0.4, -0.2) is 43.7 Å². The molecule has 2 aliphatic rings. The van der Waals surface area contributed by atoms with Gasteiger partial charge in [-0.25, -0.2) is 4.99 Å². The third-order valence-corrected chi connectivity index (χ3v) is 5.06. The molecule has 23 heavy (non-hydrogen) atoms. The van der Waals surface area contributed by atoms with Crippen LogP contribution in [0.4, 0.5) is 0 Å². The van der Waals surface area contributed by atoms with Crippen LogP contribution in [0.15, 0.2) is 35.3 Å². The van der Waals surface area contributed by atoms with Crippen molar-refractivity contribution < 1.29 is 4.74 Å². The first-order chi connectivity index (χ1) is 10.5. The van der Waals surface area contributed by atoms with E-state index in [4.69, 9.17) is 9.73 Å². The van der Waals surface area contributed by atoms with Crippen LogP contribution >= 0.6 is 24.0 Å². The number of aliphatic imine (C=N–C) groups is 1. The Morgan fingerprint density at radius 1 is 1.30 bits per heavy atom. The van der Waals surface area contributed by atoms with Crippen LogP contribution < -0.4 is 5.32 Å². The van der Waals surface area contributed by atoms with Gasteiger partial charge in [-0.2, -0.15) is 0 Å². The monoisotopic (exact) mass is 429 g/mol. The Balaban J connectivity index is 0.00000192. The summed E-state index contributed by atoms with van der Waals surface area (Å²) in [4.78, 5) is 6.86. The first-order valence-corrected chi connectivity index (χ1v) is 8.14. The summed E-state index contributed by atoms with van der Waals surface area (Å²) in [6.07, 6.45) is 1.56. The van der Waals surface area contributed by atoms with E-state index in [1.165, 1.54) is 5.56 Å². The molecule has 3 unspecified atom stereocenters. The molecule has 5 heteroatoms. The zero-order valence-electron chi connectivity index (χ0n) is 14.5. The molecular formula is C18H28IN3O. The molecule has 1 heterocycles. The van der Waals surface area contributed by atoms with Gasteiger partial charge in [0.05, 0.1) is 12.6 Å². The Labute approximate surface area is 156 Å². The van der Waals surface area contributed by atoms with Gasteiger partial charge in [0.1, 0.15) is 0 Å². The molecule has 1 N–H and O–H groups in total. The Morgan fingerprint density at radius 3 is 2.65 bits per heavy atom. The number of nitrogens with one attached hydrogen (secondary N) is 1. The lowest BCUT2D eigenvalue weighted by molar-refractivity contribution is -0.107. The number of fused-ring (bicyclic) bond motifs is 1. The molecule has 0 amide bonds. The summed E-state index contributed by atoms with van der Waals surface area (Å²) in [7, 11) is 4.09. The summed E-state index contributed by atoms with van der Waals surface area (Å²) in [5.41, 5.74) is 1.41. The highest BCUT2D eigenvalue weighted by atomic mass is 127. The summed E-state index contributed by atoms with van der Waals surface area (Å²) in [5.74, 6) is 1.59. The molecule has 2 fully saturated rings. The number of nitrogens with zero attached hydrogens (tertiary/aromatic N) is 2. The summed E-state index contributed by atoms with van der Waals surface area (Å²) >= 11 is 0. The predicted molar refractivity (Wildman–Crippen MR) is 105 cm³/mol. The van der Waals surface area contributed by atoms with Crippen molar-refractivity contribution in [1.29, 1.82) is 0 Å². The van der Waals surface area contributed by atoms with Gasteiger partial charge in [-0.1, -0.05) is 44.2 Å². The molecule has 0 aromatic heterocycles. The Morgan fingerprint density at radius 2 is 2.00 bits per heavy atom. The number of guanidine groups is 1. The van der Waals surface area contributed by atoms with E-state index < -0.39 is 0 Å². The van der Waals surface area contributed by atoms with Gasteiger partial charge >= 0.3 is 0 Å². The average Bonchev–Trinajstić information content (AvgIpc) is 2.94. The van der Waals surface area contributed by atoms with Crippen LogP contribution in [-0.2, 0) is 11.3 Å². The van der Waals surface area contributed by atoms with Crippen LogP contribution in [0.1, 0.15) is 25.8 Å². The second kappa shape index (κ2) is 7.38. The number of benzene rings is 1. The molecule has 0 bridgehead atoms. The van der Waals surface area contributed by atoms with E-state index in [1.807, 2.05) is 20.2 Å². The van der Waals surface area contributed by atoms with Crippen molar-refractivity contribution in [2.75, 3.05) is 20.7 Å². The van der Waals surface area contributed by atoms with Crippen molar-refractivity contribution in [2.45, 2.75) is 39.0 Å². The van der Waals surface area contributed by atoms with Gasteiger partial charge in [-0.15, -0.1) is 24.0 Å². The first-order valence-electron chi connectivity index (χ1n) is 8.14. The van der Waals surface area contributed by atoms with Crippen molar-refractivity contribution in [3.63, 3.8) is 0 Å². The molecule has 128 valence electrons. The quantitative estimate of drug-likeness (QED) is 0.456. The second-order valence-corrected chi connectivity index (χ2v) is 7.21. The minimum Gasteiger partial charge on any atom is -0.377 e. The number of rotatable bonds is 3. The summed E-state index contributed by atoms with van der Waals surface area (Å²) in [6, 6.07) is 10.8. The zero-order valence-corrected chi connectivity index (χ0v) is 16.8. The second-order valence-electron chi connectivity index (χ2n) is 7.21. The van der Waals surface area contributed by atoms with Gasteiger partial charge < -0.3 is 15.0 Å². The summed E-state index contributed by atoms with van der Waals surface area (Å²) < 4.78 is 5.88. The maximum Gasteiger partial charge on any atom is 0.193 e. The lowest BCUT2D eigenvalue weighted by Gasteiger charge is -2.55. The molecule has 0 spiro atoms. The van der Waals surface area contributed by atoms with Crippen LogP contribution in [0.3, 0.4) is 0 Å². The normalized spacial score (nSPS) is 28.3. The fraction of sp³-hybridized carbons (Fsp3) is 0.611. The predicted octanol–water partition coefficient (Wildman–Crippen LogP) is 3.13. The molecule has 1 aromatic carbocycles. The number of halogens is 1. The Kier molecular flexibility index (Phi) is 5.94. The average molecular weight is 429 g/mol. The SMILES string of the molecule is CN(C)C(=NCc1ccccc1)NC1C2CCOC2C1(C)C.I. The first kappa shape index (κ1) is 18.5. The van der Waals surface area contributed by atoms with E-state index >= 15 is 0 Å².